The van der Waals surface area contributed by atoms with Gasteiger partial charge in [-0.3, -0.25) is 4.98 Å². The quantitative estimate of drug-likeness (QED) is 0.914. The van der Waals surface area contributed by atoms with Gasteiger partial charge in [-0.25, -0.2) is 17.2 Å². The summed E-state index contributed by atoms with van der Waals surface area (Å²) in [5.74, 6) is -0.109. The fourth-order valence-corrected chi connectivity index (χ4v) is 4.29. The molecule has 1 aliphatic rings. The highest BCUT2D eigenvalue weighted by atomic mass is 32.2. The zero-order valence-corrected chi connectivity index (χ0v) is 12.5. The number of benzene rings is 1. The molecule has 22 heavy (non-hydrogen) atoms. The molecule has 5 nitrogen and oxygen atoms in total. The van der Waals surface area contributed by atoms with Crippen LogP contribution in [0.3, 0.4) is 0 Å². The van der Waals surface area contributed by atoms with Crippen molar-refractivity contribution in [2.24, 2.45) is 0 Å². The van der Waals surface area contributed by atoms with Crippen molar-refractivity contribution in [1.82, 2.24) is 9.29 Å². The van der Waals surface area contributed by atoms with Crippen molar-refractivity contribution in [2.45, 2.75) is 24.2 Å². The van der Waals surface area contributed by atoms with Crippen LogP contribution in [0.2, 0.25) is 0 Å². The Morgan fingerprint density at radius 3 is 2.59 bits per heavy atom. The number of nitrogens with zero attached hydrogens (tertiary/aromatic N) is 2. The predicted molar refractivity (Wildman–Crippen MR) is 76.7 cm³/mol. The number of pyridine rings is 1. The minimum absolute atomic E-state index is 0.104. The number of alkyl halides is 2. The van der Waals surface area contributed by atoms with Crippen molar-refractivity contribution in [3.8, 4) is 5.75 Å². The van der Waals surface area contributed by atoms with E-state index in [0.29, 0.717) is 5.56 Å². The number of aromatic hydroxyl groups is 1. The lowest BCUT2D eigenvalue weighted by molar-refractivity contribution is 0.217. The normalized spacial score (nSPS) is 23.2. The molecule has 1 saturated heterocycles. The fourth-order valence-electron chi connectivity index (χ4n) is 2.56. The molecule has 8 heteroatoms. The molecule has 0 aliphatic carbocycles. The van der Waals surface area contributed by atoms with E-state index in [0.717, 1.165) is 4.31 Å². The summed E-state index contributed by atoms with van der Waals surface area (Å²) in [6, 6.07) is 4.34. The van der Waals surface area contributed by atoms with Crippen LogP contribution in [0.15, 0.2) is 29.3 Å². The molecule has 0 radical (unpaired) electrons. The number of phenols is 1. The maximum absolute atomic E-state index is 13.3. The first-order chi connectivity index (χ1) is 10.3. The van der Waals surface area contributed by atoms with Crippen LogP contribution in [-0.4, -0.2) is 48.2 Å². The zero-order valence-electron chi connectivity index (χ0n) is 11.7. The number of aryl methyl sites for hydroxylation is 1. The topological polar surface area (TPSA) is 70.5 Å². The van der Waals surface area contributed by atoms with Gasteiger partial charge in [-0.15, -0.1) is 0 Å². The van der Waals surface area contributed by atoms with Crippen LogP contribution in [0, 0.1) is 6.92 Å². The summed E-state index contributed by atoms with van der Waals surface area (Å²) in [7, 11) is -4.07. The third kappa shape index (κ3) is 2.22. The minimum Gasteiger partial charge on any atom is -0.505 e. The first-order valence-corrected chi connectivity index (χ1v) is 8.12. The van der Waals surface area contributed by atoms with E-state index >= 15 is 0 Å². The molecule has 1 fully saturated rings. The molecule has 2 atom stereocenters. The molecule has 1 aromatic carbocycles. The molecule has 1 aliphatic heterocycles. The SMILES string of the molecule is Cc1cc(S(=O)(=O)N2C[C@@H](F)[C@H](F)C2)c2cccnc2c1O. The van der Waals surface area contributed by atoms with Crippen LogP contribution in [-0.2, 0) is 10.0 Å². The van der Waals surface area contributed by atoms with Crippen LogP contribution in [0.5, 0.6) is 5.75 Å². The Labute approximate surface area is 126 Å². The van der Waals surface area contributed by atoms with Crippen molar-refractivity contribution < 1.29 is 22.3 Å². The molecule has 0 spiro atoms. The molecular formula is C14H14F2N2O3S. The molecule has 0 amide bonds. The molecule has 2 heterocycles. The minimum atomic E-state index is -4.07. The predicted octanol–water partition coefficient (Wildman–Crippen LogP) is 1.93. The van der Waals surface area contributed by atoms with E-state index < -0.39 is 35.5 Å². The molecule has 0 bridgehead atoms. The van der Waals surface area contributed by atoms with Crippen molar-refractivity contribution in [3.63, 3.8) is 0 Å². The van der Waals surface area contributed by atoms with Crippen LogP contribution < -0.4 is 0 Å². The third-order valence-corrected chi connectivity index (χ3v) is 5.66. The second-order valence-corrected chi connectivity index (χ2v) is 7.20. The molecule has 1 N–H and O–H groups in total. The third-order valence-electron chi connectivity index (χ3n) is 3.78. The van der Waals surface area contributed by atoms with Gasteiger partial charge < -0.3 is 5.11 Å². The van der Waals surface area contributed by atoms with E-state index in [2.05, 4.69) is 4.98 Å². The Morgan fingerprint density at radius 2 is 1.95 bits per heavy atom. The first kappa shape index (κ1) is 15.1. The average molecular weight is 328 g/mol. The average Bonchev–Trinajstić information content (AvgIpc) is 2.83. The van der Waals surface area contributed by atoms with Gasteiger partial charge in [-0.2, -0.15) is 4.31 Å². The van der Waals surface area contributed by atoms with Crippen molar-refractivity contribution in [3.05, 3.63) is 30.0 Å². The molecule has 2 aromatic rings. The van der Waals surface area contributed by atoms with E-state index in [1.807, 2.05) is 0 Å². The van der Waals surface area contributed by atoms with Gasteiger partial charge in [-0.1, -0.05) is 0 Å². The number of aromatic nitrogens is 1. The second kappa shape index (κ2) is 5.13. The Balaban J connectivity index is 2.20. The van der Waals surface area contributed by atoms with Crippen LogP contribution >= 0.6 is 0 Å². The van der Waals surface area contributed by atoms with Gasteiger partial charge in [0.05, 0.1) is 4.90 Å². The zero-order chi connectivity index (χ0) is 16.1. The van der Waals surface area contributed by atoms with Crippen LogP contribution in [0.1, 0.15) is 5.56 Å². The highest BCUT2D eigenvalue weighted by molar-refractivity contribution is 7.89. The number of hydrogen-bond donors (Lipinski definition) is 1. The van der Waals surface area contributed by atoms with Gasteiger partial charge in [-0.05, 0) is 30.7 Å². The number of hydrogen-bond acceptors (Lipinski definition) is 4. The maximum atomic E-state index is 13.3. The van der Waals surface area contributed by atoms with Crippen LogP contribution in [0.25, 0.3) is 10.9 Å². The number of rotatable bonds is 2. The summed E-state index contributed by atoms with van der Waals surface area (Å²) in [6.07, 6.45) is -2.21. The molecular weight excluding hydrogens is 314 g/mol. The largest absolute Gasteiger partial charge is 0.505 e. The standard InChI is InChI=1S/C14H14F2N2O3S/c1-8-5-12(9-3-2-4-17-13(9)14(8)19)22(20,21)18-6-10(15)11(16)7-18/h2-5,10-11,19H,6-7H2,1H3/t10-,11-/m1/s1. The van der Waals surface area contributed by atoms with Gasteiger partial charge in [0.1, 0.15) is 23.6 Å². The Bertz CT molecular complexity index is 831. The lowest BCUT2D eigenvalue weighted by atomic mass is 10.1. The van der Waals surface area contributed by atoms with Gasteiger partial charge in [0.2, 0.25) is 10.0 Å². The van der Waals surface area contributed by atoms with E-state index in [1.54, 1.807) is 6.92 Å². The monoisotopic (exact) mass is 328 g/mol. The van der Waals surface area contributed by atoms with Crippen molar-refractivity contribution in [1.29, 1.82) is 0 Å². The molecule has 118 valence electrons. The summed E-state index contributed by atoms with van der Waals surface area (Å²) >= 11 is 0. The molecule has 0 saturated carbocycles. The Morgan fingerprint density at radius 1 is 1.32 bits per heavy atom. The highest BCUT2D eigenvalue weighted by Gasteiger charge is 2.40. The van der Waals surface area contributed by atoms with Gasteiger partial charge in [0.15, 0.2) is 0 Å². The van der Waals surface area contributed by atoms with E-state index in [-0.39, 0.29) is 21.5 Å². The van der Waals surface area contributed by atoms with E-state index in [9.17, 15) is 22.3 Å². The summed E-state index contributed by atoms with van der Waals surface area (Å²) in [5.41, 5.74) is 0.478. The number of sulfonamides is 1. The van der Waals surface area contributed by atoms with E-state index in [4.69, 9.17) is 0 Å². The first-order valence-electron chi connectivity index (χ1n) is 6.68. The van der Waals surface area contributed by atoms with Crippen molar-refractivity contribution in [2.75, 3.05) is 13.1 Å². The molecule has 0 unspecified atom stereocenters. The molecule has 3 rings (SSSR count). The van der Waals surface area contributed by atoms with Crippen LogP contribution in [0.4, 0.5) is 8.78 Å². The van der Waals surface area contributed by atoms with Gasteiger partial charge >= 0.3 is 0 Å². The molecule has 1 aromatic heterocycles. The number of phenolic OH excluding ortho intramolecular Hbond substituents is 1. The maximum Gasteiger partial charge on any atom is 0.243 e. The summed E-state index contributed by atoms with van der Waals surface area (Å²) in [4.78, 5) is 3.89. The number of halogens is 2. The van der Waals surface area contributed by atoms with Crippen molar-refractivity contribution >= 4 is 20.9 Å². The van der Waals surface area contributed by atoms with E-state index in [1.165, 1.54) is 24.4 Å². The summed E-state index contributed by atoms with van der Waals surface area (Å²) in [5, 5.41) is 10.2. The summed E-state index contributed by atoms with van der Waals surface area (Å²) < 4.78 is 52.8. The lowest BCUT2D eigenvalue weighted by Gasteiger charge is -2.17. The Kier molecular flexibility index (Phi) is 3.53. The van der Waals surface area contributed by atoms with Gasteiger partial charge in [0, 0.05) is 24.7 Å². The highest BCUT2D eigenvalue weighted by Crippen LogP contribution is 2.34. The smallest absolute Gasteiger partial charge is 0.243 e. The fraction of sp³-hybridized carbons (Fsp3) is 0.357. The van der Waals surface area contributed by atoms with Gasteiger partial charge in [0.25, 0.3) is 0 Å². The lowest BCUT2D eigenvalue weighted by Crippen LogP contribution is -2.29. The Hall–Kier alpha value is -1.80. The summed E-state index contributed by atoms with van der Waals surface area (Å²) in [6.45, 7) is 0.527. The number of fused-ring (bicyclic) bond motifs is 1. The second-order valence-electron chi connectivity index (χ2n) is 5.29.